The van der Waals surface area contributed by atoms with Gasteiger partial charge in [-0.05, 0) is 19.4 Å². The topological polar surface area (TPSA) is 106 Å². The molecule has 1 aromatic heterocycles. The van der Waals surface area contributed by atoms with Crippen LogP contribution in [-0.2, 0) is 6.54 Å². The number of aromatic nitrogens is 2. The summed E-state index contributed by atoms with van der Waals surface area (Å²) in [4.78, 5) is 16.7. The molecule has 0 saturated carbocycles. The highest BCUT2D eigenvalue weighted by Gasteiger charge is 2.20. The van der Waals surface area contributed by atoms with Crippen molar-refractivity contribution < 1.29 is 14.6 Å². The van der Waals surface area contributed by atoms with Crippen LogP contribution in [0.5, 0.6) is 0 Å². The fourth-order valence-corrected chi connectivity index (χ4v) is 2.56. The SMILES string of the molecule is O=[N+]([O-])c1cccc(-c2noc(CN3CCCC(O)C3)n2)c1. The van der Waals surface area contributed by atoms with Gasteiger partial charge in [0.2, 0.25) is 11.7 Å². The van der Waals surface area contributed by atoms with Gasteiger partial charge in [0.15, 0.2) is 0 Å². The van der Waals surface area contributed by atoms with Crippen LogP contribution in [0.1, 0.15) is 18.7 Å². The molecule has 2 aromatic rings. The van der Waals surface area contributed by atoms with E-state index in [0.717, 1.165) is 19.4 Å². The average Bonchev–Trinajstić information content (AvgIpc) is 2.96. The van der Waals surface area contributed by atoms with Crippen LogP contribution in [0.15, 0.2) is 28.8 Å². The summed E-state index contributed by atoms with van der Waals surface area (Å²) in [6.45, 7) is 1.94. The van der Waals surface area contributed by atoms with Crippen molar-refractivity contribution in [2.45, 2.75) is 25.5 Å². The molecule has 2 heterocycles. The number of rotatable bonds is 4. The van der Waals surface area contributed by atoms with Crippen molar-refractivity contribution in [3.05, 3.63) is 40.3 Å². The molecule has 8 heteroatoms. The molecule has 1 aliphatic heterocycles. The molecule has 0 aliphatic carbocycles. The lowest BCUT2D eigenvalue weighted by molar-refractivity contribution is -0.384. The molecule has 1 aliphatic rings. The molecule has 116 valence electrons. The summed E-state index contributed by atoms with van der Waals surface area (Å²) in [6.07, 6.45) is 1.44. The van der Waals surface area contributed by atoms with Gasteiger partial charge in [0.05, 0.1) is 17.6 Å². The smallest absolute Gasteiger partial charge is 0.270 e. The summed E-state index contributed by atoms with van der Waals surface area (Å²) in [5.41, 5.74) is 0.533. The first-order chi connectivity index (χ1) is 10.6. The lowest BCUT2D eigenvalue weighted by Gasteiger charge is -2.28. The van der Waals surface area contributed by atoms with Crippen molar-refractivity contribution >= 4 is 5.69 Å². The minimum Gasteiger partial charge on any atom is -0.392 e. The van der Waals surface area contributed by atoms with Gasteiger partial charge in [-0.3, -0.25) is 15.0 Å². The van der Waals surface area contributed by atoms with E-state index in [4.69, 9.17) is 4.52 Å². The van der Waals surface area contributed by atoms with Gasteiger partial charge in [0, 0.05) is 24.2 Å². The number of likely N-dealkylation sites (tertiary alicyclic amines) is 1. The van der Waals surface area contributed by atoms with E-state index in [1.165, 1.54) is 12.1 Å². The second kappa shape index (κ2) is 6.20. The first-order valence-electron chi connectivity index (χ1n) is 7.09. The van der Waals surface area contributed by atoms with Crippen LogP contribution >= 0.6 is 0 Å². The highest BCUT2D eigenvalue weighted by Crippen LogP contribution is 2.22. The number of hydrogen-bond donors (Lipinski definition) is 1. The maximum absolute atomic E-state index is 10.8. The predicted octanol–water partition coefficient (Wildman–Crippen LogP) is 1.60. The molecule has 1 unspecified atom stereocenters. The Balaban J connectivity index is 1.73. The Hall–Kier alpha value is -2.32. The van der Waals surface area contributed by atoms with Crippen molar-refractivity contribution in [1.29, 1.82) is 0 Å². The lowest BCUT2D eigenvalue weighted by atomic mass is 10.1. The summed E-state index contributed by atoms with van der Waals surface area (Å²) in [6, 6.07) is 6.12. The largest absolute Gasteiger partial charge is 0.392 e. The molecule has 1 fully saturated rings. The zero-order valence-corrected chi connectivity index (χ0v) is 11.9. The summed E-state index contributed by atoms with van der Waals surface area (Å²) in [5, 5.41) is 24.3. The number of β-amino-alcohol motifs (C(OH)–C–C–N with tert-alkyl or cyclic N) is 1. The van der Waals surface area contributed by atoms with E-state index in [0.29, 0.717) is 30.4 Å². The number of nitrogens with zero attached hydrogens (tertiary/aromatic N) is 4. The summed E-state index contributed by atoms with van der Waals surface area (Å²) in [7, 11) is 0. The van der Waals surface area contributed by atoms with Gasteiger partial charge in [-0.1, -0.05) is 17.3 Å². The van der Waals surface area contributed by atoms with Crippen LogP contribution in [0.2, 0.25) is 0 Å². The number of non-ortho nitro benzene ring substituents is 1. The molecule has 1 aromatic carbocycles. The van der Waals surface area contributed by atoms with E-state index in [1.54, 1.807) is 12.1 Å². The van der Waals surface area contributed by atoms with Crippen molar-refractivity contribution in [2.75, 3.05) is 13.1 Å². The van der Waals surface area contributed by atoms with Crippen LogP contribution in [0, 0.1) is 10.1 Å². The van der Waals surface area contributed by atoms with E-state index in [9.17, 15) is 15.2 Å². The lowest BCUT2D eigenvalue weighted by Crippen LogP contribution is -2.37. The second-order valence-corrected chi connectivity index (χ2v) is 5.35. The molecule has 22 heavy (non-hydrogen) atoms. The Morgan fingerprint density at radius 1 is 1.50 bits per heavy atom. The molecular weight excluding hydrogens is 288 g/mol. The number of nitro groups is 1. The third kappa shape index (κ3) is 3.29. The van der Waals surface area contributed by atoms with Gasteiger partial charge in [0.25, 0.3) is 5.69 Å². The zero-order valence-electron chi connectivity index (χ0n) is 11.9. The Bertz CT molecular complexity index is 672. The van der Waals surface area contributed by atoms with E-state index in [1.807, 2.05) is 0 Å². The number of aliphatic hydroxyl groups excluding tert-OH is 1. The monoisotopic (exact) mass is 304 g/mol. The quantitative estimate of drug-likeness (QED) is 0.675. The van der Waals surface area contributed by atoms with E-state index in [2.05, 4.69) is 15.0 Å². The van der Waals surface area contributed by atoms with Gasteiger partial charge in [-0.15, -0.1) is 0 Å². The first kappa shape index (κ1) is 14.6. The maximum atomic E-state index is 10.8. The number of nitro benzene ring substituents is 1. The highest BCUT2D eigenvalue weighted by atomic mass is 16.6. The van der Waals surface area contributed by atoms with Crippen molar-refractivity contribution in [3.8, 4) is 11.4 Å². The van der Waals surface area contributed by atoms with Gasteiger partial charge in [-0.2, -0.15) is 4.98 Å². The molecular formula is C14H16N4O4. The molecule has 1 atom stereocenters. The van der Waals surface area contributed by atoms with Gasteiger partial charge in [0.1, 0.15) is 0 Å². The van der Waals surface area contributed by atoms with Crippen LogP contribution in [0.3, 0.4) is 0 Å². The molecule has 1 saturated heterocycles. The van der Waals surface area contributed by atoms with E-state index >= 15 is 0 Å². The van der Waals surface area contributed by atoms with Gasteiger partial charge >= 0.3 is 0 Å². The summed E-state index contributed by atoms with van der Waals surface area (Å²) >= 11 is 0. The molecule has 3 rings (SSSR count). The van der Waals surface area contributed by atoms with Crippen LogP contribution in [-0.4, -0.2) is 44.3 Å². The Kier molecular flexibility index (Phi) is 4.12. The van der Waals surface area contributed by atoms with Crippen LogP contribution < -0.4 is 0 Å². The van der Waals surface area contributed by atoms with Crippen molar-refractivity contribution in [1.82, 2.24) is 15.0 Å². The fraction of sp³-hybridized carbons (Fsp3) is 0.429. The third-order valence-corrected chi connectivity index (χ3v) is 3.62. The molecule has 0 amide bonds. The van der Waals surface area contributed by atoms with E-state index < -0.39 is 4.92 Å². The number of aliphatic hydroxyl groups is 1. The average molecular weight is 304 g/mol. The molecule has 0 spiro atoms. The van der Waals surface area contributed by atoms with Crippen LogP contribution in [0.25, 0.3) is 11.4 Å². The first-order valence-corrected chi connectivity index (χ1v) is 7.09. The predicted molar refractivity (Wildman–Crippen MR) is 76.9 cm³/mol. The standard InChI is InChI=1S/C14H16N4O4/c19-12-5-2-6-17(8-12)9-13-15-14(16-22-13)10-3-1-4-11(7-10)18(20)21/h1,3-4,7,12,19H,2,5-6,8-9H2. The highest BCUT2D eigenvalue weighted by molar-refractivity contribution is 5.58. The molecule has 0 bridgehead atoms. The van der Waals surface area contributed by atoms with Crippen LogP contribution in [0.4, 0.5) is 5.69 Å². The van der Waals surface area contributed by atoms with Crippen molar-refractivity contribution in [3.63, 3.8) is 0 Å². The Morgan fingerprint density at radius 3 is 3.14 bits per heavy atom. The minimum absolute atomic E-state index is 0.0111. The third-order valence-electron chi connectivity index (χ3n) is 3.62. The molecule has 0 radical (unpaired) electrons. The molecule has 8 nitrogen and oxygen atoms in total. The van der Waals surface area contributed by atoms with Crippen molar-refractivity contribution in [2.24, 2.45) is 0 Å². The number of hydrogen-bond acceptors (Lipinski definition) is 7. The second-order valence-electron chi connectivity index (χ2n) is 5.35. The van der Waals surface area contributed by atoms with Gasteiger partial charge in [-0.25, -0.2) is 0 Å². The number of benzene rings is 1. The normalized spacial score (nSPS) is 19.2. The summed E-state index contributed by atoms with van der Waals surface area (Å²) in [5.74, 6) is 0.770. The van der Waals surface area contributed by atoms with E-state index in [-0.39, 0.29) is 11.8 Å². The van der Waals surface area contributed by atoms with Gasteiger partial charge < -0.3 is 9.63 Å². The Labute approximate surface area is 126 Å². The Morgan fingerprint density at radius 2 is 2.36 bits per heavy atom. The molecule has 1 N–H and O–H groups in total. The fourth-order valence-electron chi connectivity index (χ4n) is 2.56. The minimum atomic E-state index is -0.459. The summed E-state index contributed by atoms with van der Waals surface area (Å²) < 4.78 is 5.20. The zero-order chi connectivity index (χ0) is 15.5. The number of piperidine rings is 1. The maximum Gasteiger partial charge on any atom is 0.270 e.